The molecule has 0 spiro atoms. The van der Waals surface area contributed by atoms with E-state index in [4.69, 9.17) is 11.5 Å². The Kier molecular flexibility index (Phi) is 6.45. The summed E-state index contributed by atoms with van der Waals surface area (Å²) in [5, 5.41) is 29.7. The average molecular weight is 383 g/mol. The van der Waals surface area contributed by atoms with Gasteiger partial charge in [0.1, 0.15) is 5.70 Å². The fourth-order valence-corrected chi connectivity index (χ4v) is 4.04. The van der Waals surface area contributed by atoms with Crippen LogP contribution in [0, 0.1) is 5.92 Å². The fraction of sp³-hybridized carbons (Fsp3) is 0.706. The van der Waals surface area contributed by atoms with Crippen molar-refractivity contribution >= 4 is 17.8 Å². The molecule has 152 valence electrons. The van der Waals surface area contributed by atoms with Gasteiger partial charge in [-0.05, 0) is 18.9 Å². The number of carbonyl (C=O) groups is 2. The van der Waals surface area contributed by atoms with Crippen LogP contribution < -0.4 is 11.5 Å². The molecule has 0 unspecified atom stereocenters. The molecule has 0 aromatic heterocycles. The molecule has 10 nitrogen and oxygen atoms in total. The van der Waals surface area contributed by atoms with Crippen LogP contribution in [0.2, 0.25) is 0 Å². The molecule has 1 amide bonds. The lowest BCUT2D eigenvalue weighted by Gasteiger charge is -2.28. The van der Waals surface area contributed by atoms with Crippen LogP contribution >= 0.6 is 0 Å². The van der Waals surface area contributed by atoms with E-state index in [1.807, 2.05) is 11.8 Å². The van der Waals surface area contributed by atoms with Gasteiger partial charge in [-0.3, -0.25) is 9.69 Å². The summed E-state index contributed by atoms with van der Waals surface area (Å²) in [4.78, 5) is 31.2. The van der Waals surface area contributed by atoms with E-state index in [9.17, 15) is 24.9 Å². The summed E-state index contributed by atoms with van der Waals surface area (Å²) in [6.07, 6.45) is -1.15. The minimum atomic E-state index is -1.18. The van der Waals surface area contributed by atoms with E-state index in [-0.39, 0.29) is 36.4 Å². The third kappa shape index (κ3) is 4.57. The summed E-state index contributed by atoms with van der Waals surface area (Å²) in [5.41, 5.74) is 11.3. The number of rotatable bonds is 6. The Balaban J connectivity index is 2.30. The van der Waals surface area contributed by atoms with E-state index < -0.39 is 30.3 Å². The van der Waals surface area contributed by atoms with E-state index in [0.717, 1.165) is 0 Å². The van der Waals surface area contributed by atoms with Crippen molar-refractivity contribution in [3.8, 4) is 0 Å². The van der Waals surface area contributed by atoms with Crippen LogP contribution in [0.15, 0.2) is 16.3 Å². The molecule has 0 saturated carbocycles. The van der Waals surface area contributed by atoms with Crippen molar-refractivity contribution in [1.29, 1.82) is 0 Å². The first-order chi connectivity index (χ1) is 12.5. The van der Waals surface area contributed by atoms with Crippen molar-refractivity contribution in [2.24, 2.45) is 22.4 Å². The molecule has 10 heteroatoms. The van der Waals surface area contributed by atoms with Gasteiger partial charge >= 0.3 is 5.97 Å². The second-order valence-electron chi connectivity index (χ2n) is 7.39. The number of aliphatic hydroxyl groups excluding tert-OH is 2. The largest absolute Gasteiger partial charge is 0.477 e. The number of carbonyl (C=O) groups excluding carboxylic acids is 1. The highest BCUT2D eigenvalue weighted by Crippen LogP contribution is 2.37. The van der Waals surface area contributed by atoms with Crippen LogP contribution in [0.5, 0.6) is 0 Å². The normalized spacial score (nSPS) is 29.9. The predicted octanol–water partition coefficient (Wildman–Crippen LogP) is -1.72. The second-order valence-corrected chi connectivity index (χ2v) is 7.39. The zero-order valence-electron chi connectivity index (χ0n) is 15.9. The lowest BCUT2D eigenvalue weighted by Crippen LogP contribution is -2.40. The van der Waals surface area contributed by atoms with Crippen molar-refractivity contribution in [2.75, 3.05) is 19.6 Å². The van der Waals surface area contributed by atoms with Gasteiger partial charge in [0.2, 0.25) is 5.91 Å². The number of aliphatic imine (C=N–C) groups is 1. The number of amides is 1. The molecule has 0 aromatic carbocycles. The highest BCUT2D eigenvalue weighted by Gasteiger charge is 2.44. The average Bonchev–Trinajstić information content (AvgIpc) is 2.98. The minimum Gasteiger partial charge on any atom is -0.477 e. The van der Waals surface area contributed by atoms with E-state index in [1.165, 1.54) is 11.8 Å². The van der Waals surface area contributed by atoms with Gasteiger partial charge in [0.25, 0.3) is 0 Å². The molecule has 1 fully saturated rings. The van der Waals surface area contributed by atoms with Crippen molar-refractivity contribution < 1.29 is 24.9 Å². The molecule has 27 heavy (non-hydrogen) atoms. The standard InChI is InChI=1S/C17H29N5O5/c1-8(23)4-13-9(2)11(15(16(26)27)22(13)10(3)24)5-21-6-12(14(25)7-21)20-17(18)19/h8-9,12-14,23,25H,4-7H2,1-3H3,(H,26,27)(H4,18,19,20)/t8-,9+,12+,13+,14+/m1/s1. The number of nitrogens with two attached hydrogens (primary N) is 2. The van der Waals surface area contributed by atoms with Gasteiger partial charge in [-0.15, -0.1) is 0 Å². The van der Waals surface area contributed by atoms with E-state index >= 15 is 0 Å². The van der Waals surface area contributed by atoms with Crippen LogP contribution in [0.1, 0.15) is 27.2 Å². The molecule has 7 N–H and O–H groups in total. The summed E-state index contributed by atoms with van der Waals surface area (Å²) in [6.45, 7) is 5.74. The number of nitrogens with zero attached hydrogens (tertiary/aromatic N) is 3. The summed E-state index contributed by atoms with van der Waals surface area (Å²) in [5.74, 6) is -1.91. The molecule has 2 heterocycles. The molecule has 0 aliphatic carbocycles. The highest BCUT2D eigenvalue weighted by molar-refractivity contribution is 5.94. The van der Waals surface area contributed by atoms with Crippen molar-refractivity contribution in [3.63, 3.8) is 0 Å². The number of likely N-dealkylation sites (tertiary alicyclic amines) is 1. The maximum atomic E-state index is 12.2. The maximum Gasteiger partial charge on any atom is 0.352 e. The highest BCUT2D eigenvalue weighted by atomic mass is 16.4. The fourth-order valence-electron chi connectivity index (χ4n) is 4.04. The Morgan fingerprint density at radius 2 is 1.96 bits per heavy atom. The third-order valence-electron chi connectivity index (χ3n) is 5.17. The van der Waals surface area contributed by atoms with Gasteiger partial charge in [-0.1, -0.05) is 6.92 Å². The van der Waals surface area contributed by atoms with Crippen LogP contribution in [0.4, 0.5) is 0 Å². The lowest BCUT2D eigenvalue weighted by molar-refractivity contribution is -0.140. The summed E-state index contributed by atoms with van der Waals surface area (Å²) in [7, 11) is 0. The van der Waals surface area contributed by atoms with Gasteiger partial charge in [0, 0.05) is 38.5 Å². The Bertz CT molecular complexity index is 658. The molecule has 2 aliphatic heterocycles. The Morgan fingerprint density at radius 3 is 2.44 bits per heavy atom. The zero-order chi connectivity index (χ0) is 20.5. The Morgan fingerprint density at radius 1 is 1.33 bits per heavy atom. The maximum absolute atomic E-state index is 12.2. The van der Waals surface area contributed by atoms with Gasteiger partial charge in [-0.2, -0.15) is 0 Å². The third-order valence-corrected chi connectivity index (χ3v) is 5.17. The van der Waals surface area contributed by atoms with Gasteiger partial charge in [-0.25, -0.2) is 9.79 Å². The molecule has 5 atom stereocenters. The van der Waals surface area contributed by atoms with E-state index in [1.54, 1.807) is 6.92 Å². The van der Waals surface area contributed by atoms with Gasteiger partial charge in [0.05, 0.1) is 18.2 Å². The lowest BCUT2D eigenvalue weighted by atomic mass is 9.92. The number of guanidine groups is 1. The summed E-state index contributed by atoms with van der Waals surface area (Å²) in [6, 6.07) is -0.901. The molecule has 2 rings (SSSR count). The summed E-state index contributed by atoms with van der Waals surface area (Å²) < 4.78 is 0. The van der Waals surface area contributed by atoms with Crippen molar-refractivity contribution in [3.05, 3.63) is 11.3 Å². The SMILES string of the molecule is CC(=O)N1C(C(=O)O)=C(CN2C[C@H](N=C(N)N)[C@@H](O)C2)[C@H](C)[C@@H]1C[C@@H](C)O. The van der Waals surface area contributed by atoms with Crippen LogP contribution in [0.25, 0.3) is 0 Å². The van der Waals surface area contributed by atoms with Crippen LogP contribution in [-0.2, 0) is 9.59 Å². The number of hydrogen-bond donors (Lipinski definition) is 5. The smallest absolute Gasteiger partial charge is 0.352 e. The first-order valence-electron chi connectivity index (χ1n) is 8.96. The topological polar surface area (TPSA) is 166 Å². The Labute approximate surface area is 158 Å². The molecule has 1 saturated heterocycles. The first kappa shape index (κ1) is 21.1. The number of aliphatic hydroxyl groups is 2. The molecule has 0 aromatic rings. The number of carboxylic acids is 1. The molecule has 0 bridgehead atoms. The Hall–Kier alpha value is -2.17. The first-order valence-corrected chi connectivity index (χ1v) is 8.96. The molecule has 2 aliphatic rings. The van der Waals surface area contributed by atoms with E-state index in [0.29, 0.717) is 18.7 Å². The minimum absolute atomic E-state index is 0.0413. The van der Waals surface area contributed by atoms with Crippen LogP contribution in [-0.4, -0.2) is 86.9 Å². The van der Waals surface area contributed by atoms with Gasteiger partial charge < -0.3 is 31.7 Å². The van der Waals surface area contributed by atoms with Crippen molar-refractivity contribution in [2.45, 2.75) is 51.5 Å². The van der Waals surface area contributed by atoms with Gasteiger partial charge in [0.15, 0.2) is 5.96 Å². The monoisotopic (exact) mass is 383 g/mol. The molecule has 0 radical (unpaired) electrons. The molecular formula is C17H29N5O5. The quantitative estimate of drug-likeness (QED) is 0.267. The number of hydrogen-bond acceptors (Lipinski definition) is 6. The second kappa shape index (κ2) is 8.24. The number of carboxylic acid groups (broad SMARTS) is 1. The van der Waals surface area contributed by atoms with E-state index in [2.05, 4.69) is 4.99 Å². The van der Waals surface area contributed by atoms with Crippen molar-refractivity contribution in [1.82, 2.24) is 9.80 Å². The predicted molar refractivity (Wildman–Crippen MR) is 98.5 cm³/mol. The number of aliphatic carboxylic acids is 1. The number of β-amino-alcohol motifs (C(OH)–C–C–N with tert-alkyl or cyclic N) is 1. The van der Waals surface area contributed by atoms with Crippen LogP contribution in [0.3, 0.4) is 0 Å². The molecular weight excluding hydrogens is 354 g/mol. The zero-order valence-corrected chi connectivity index (χ0v) is 15.9. The summed E-state index contributed by atoms with van der Waals surface area (Å²) >= 11 is 0.